The largest absolute Gasteiger partial charge is 0.395 e. The number of hydrogen-bond donors (Lipinski definition) is 1. The van der Waals surface area contributed by atoms with Gasteiger partial charge < -0.3 is 5.11 Å². The Balaban J connectivity index is 1.61. The smallest absolute Gasteiger partial charge is 0.271 e. The quantitative estimate of drug-likeness (QED) is 0.394. The molecule has 0 saturated carbocycles. The molecule has 1 saturated heterocycles. The van der Waals surface area contributed by atoms with E-state index in [9.17, 15) is 24.8 Å². The van der Waals surface area contributed by atoms with Crippen LogP contribution >= 0.6 is 0 Å². The van der Waals surface area contributed by atoms with E-state index in [2.05, 4.69) is 0 Å². The number of benzene rings is 3. The van der Waals surface area contributed by atoms with Gasteiger partial charge in [-0.05, 0) is 28.3 Å². The second-order valence-electron chi connectivity index (χ2n) is 8.57. The molecule has 3 aliphatic carbocycles. The number of non-ortho nitro benzene ring substituents is 1. The van der Waals surface area contributed by atoms with Crippen LogP contribution in [0.3, 0.4) is 0 Å². The molecule has 2 atom stereocenters. The number of anilines is 1. The fourth-order valence-electron chi connectivity index (χ4n) is 6.20. The molecule has 1 aliphatic heterocycles. The highest BCUT2D eigenvalue weighted by Crippen LogP contribution is 2.64. The van der Waals surface area contributed by atoms with Gasteiger partial charge in [0.15, 0.2) is 0 Å². The number of hydrogen-bond acceptors (Lipinski definition) is 5. The summed E-state index contributed by atoms with van der Waals surface area (Å²) in [5.74, 6) is -2.59. The zero-order valence-electron chi connectivity index (χ0n) is 16.8. The topological polar surface area (TPSA) is 101 Å². The summed E-state index contributed by atoms with van der Waals surface area (Å²) in [4.78, 5) is 39.4. The summed E-state index contributed by atoms with van der Waals surface area (Å²) in [5.41, 5.74) is 2.58. The Morgan fingerprint density at radius 3 is 2.12 bits per heavy atom. The lowest BCUT2D eigenvalue weighted by molar-refractivity contribution is -0.384. The number of aliphatic hydroxyl groups excluding tert-OH is 1. The lowest BCUT2D eigenvalue weighted by Gasteiger charge is -2.53. The van der Waals surface area contributed by atoms with Crippen LogP contribution in [0.1, 0.15) is 28.2 Å². The highest BCUT2D eigenvalue weighted by atomic mass is 16.6. The van der Waals surface area contributed by atoms with Crippen LogP contribution in [0.4, 0.5) is 11.4 Å². The lowest BCUT2D eigenvalue weighted by Crippen LogP contribution is -2.55. The van der Waals surface area contributed by atoms with Gasteiger partial charge in [-0.25, -0.2) is 4.90 Å². The molecule has 3 aromatic rings. The van der Waals surface area contributed by atoms with E-state index in [1.54, 1.807) is 0 Å². The standard InChI is InChI=1S/C25H18N2O5/c28-13-25-18-10-3-1-8-16(18)20(17-9-2-4-11-19(17)25)21-22(25)24(30)26(23(21)29)14-6-5-7-15(12-14)27(31)32/h1-12,20-22,28H,13H2. The molecule has 2 amide bonds. The Morgan fingerprint density at radius 1 is 0.906 bits per heavy atom. The molecule has 2 bridgehead atoms. The summed E-state index contributed by atoms with van der Waals surface area (Å²) >= 11 is 0. The monoisotopic (exact) mass is 426 g/mol. The average molecular weight is 426 g/mol. The fourth-order valence-corrected chi connectivity index (χ4v) is 6.20. The van der Waals surface area contributed by atoms with Gasteiger partial charge in [0.25, 0.3) is 5.69 Å². The summed E-state index contributed by atoms with van der Waals surface area (Å²) in [6, 6.07) is 20.9. The minimum atomic E-state index is -1.05. The third-order valence-corrected chi connectivity index (χ3v) is 7.34. The first-order valence-corrected chi connectivity index (χ1v) is 10.4. The van der Waals surface area contributed by atoms with E-state index in [1.807, 2.05) is 48.5 Å². The number of carbonyl (C=O) groups excluding carboxylic acids is 2. The van der Waals surface area contributed by atoms with Crippen molar-refractivity contribution in [2.24, 2.45) is 11.8 Å². The normalized spacial score (nSPS) is 27.2. The van der Waals surface area contributed by atoms with Crippen LogP contribution in [-0.4, -0.2) is 28.5 Å². The van der Waals surface area contributed by atoms with Gasteiger partial charge in [-0.2, -0.15) is 0 Å². The van der Waals surface area contributed by atoms with Crippen molar-refractivity contribution in [1.29, 1.82) is 0 Å². The molecule has 0 radical (unpaired) electrons. The first-order chi connectivity index (χ1) is 15.5. The number of amides is 2. The third kappa shape index (κ3) is 2.08. The summed E-state index contributed by atoms with van der Waals surface area (Å²) in [7, 11) is 0. The number of nitro groups is 1. The Bertz CT molecular complexity index is 1290. The van der Waals surface area contributed by atoms with E-state index in [0.29, 0.717) is 0 Å². The highest BCUT2D eigenvalue weighted by molar-refractivity contribution is 6.23. The Labute approximate surface area is 183 Å². The summed E-state index contributed by atoms with van der Waals surface area (Å²) in [5, 5.41) is 22.1. The second kappa shape index (κ2) is 6.34. The van der Waals surface area contributed by atoms with Crippen molar-refractivity contribution in [2.75, 3.05) is 11.5 Å². The van der Waals surface area contributed by atoms with Crippen molar-refractivity contribution >= 4 is 23.2 Å². The molecule has 7 heteroatoms. The second-order valence-corrected chi connectivity index (χ2v) is 8.57. The van der Waals surface area contributed by atoms with Crippen LogP contribution in [0.15, 0.2) is 72.8 Å². The Morgan fingerprint density at radius 2 is 1.53 bits per heavy atom. The van der Waals surface area contributed by atoms with Crippen LogP contribution in [0.2, 0.25) is 0 Å². The Kier molecular flexibility index (Phi) is 3.74. The maximum Gasteiger partial charge on any atom is 0.271 e. The maximum atomic E-state index is 13.8. The van der Waals surface area contributed by atoms with E-state index in [0.717, 1.165) is 27.2 Å². The van der Waals surface area contributed by atoms with Gasteiger partial charge >= 0.3 is 0 Å². The molecule has 158 valence electrons. The Hall–Kier alpha value is -3.84. The first kappa shape index (κ1) is 18.9. The maximum absolute atomic E-state index is 13.8. The molecule has 2 unspecified atom stereocenters. The van der Waals surface area contributed by atoms with Gasteiger partial charge in [-0.15, -0.1) is 0 Å². The SMILES string of the molecule is O=C1C2C3c4ccccc4C(CO)(c4ccccc43)C2C(=O)N1c1cccc([N+](=O)[O-])c1. The van der Waals surface area contributed by atoms with E-state index in [1.165, 1.54) is 24.3 Å². The molecule has 1 N–H and O–H groups in total. The number of rotatable bonds is 3. The molecule has 4 aliphatic rings. The van der Waals surface area contributed by atoms with Crippen molar-refractivity contribution < 1.29 is 19.6 Å². The third-order valence-electron chi connectivity index (χ3n) is 7.34. The van der Waals surface area contributed by atoms with Gasteiger partial charge in [0, 0.05) is 18.1 Å². The van der Waals surface area contributed by atoms with Crippen molar-refractivity contribution in [3.8, 4) is 0 Å². The van der Waals surface area contributed by atoms with Crippen molar-refractivity contribution in [2.45, 2.75) is 11.3 Å². The van der Waals surface area contributed by atoms with E-state index in [4.69, 9.17) is 0 Å². The molecule has 0 spiro atoms. The fraction of sp³-hybridized carbons (Fsp3) is 0.200. The molecule has 0 aromatic heterocycles. The highest BCUT2D eigenvalue weighted by Gasteiger charge is 2.68. The van der Waals surface area contributed by atoms with Crippen LogP contribution in [-0.2, 0) is 15.0 Å². The minimum Gasteiger partial charge on any atom is -0.395 e. The summed E-state index contributed by atoms with van der Waals surface area (Å²) in [6.45, 7) is -0.323. The first-order valence-electron chi connectivity index (χ1n) is 10.4. The number of imide groups is 1. The minimum absolute atomic E-state index is 0.184. The van der Waals surface area contributed by atoms with E-state index in [-0.39, 0.29) is 29.8 Å². The van der Waals surface area contributed by atoms with Gasteiger partial charge in [-0.3, -0.25) is 19.7 Å². The molecule has 3 aromatic carbocycles. The van der Waals surface area contributed by atoms with Crippen LogP contribution in [0, 0.1) is 22.0 Å². The van der Waals surface area contributed by atoms with Crippen molar-refractivity contribution in [3.05, 3.63) is 105 Å². The van der Waals surface area contributed by atoms with Crippen LogP contribution < -0.4 is 4.90 Å². The molecule has 32 heavy (non-hydrogen) atoms. The van der Waals surface area contributed by atoms with E-state index >= 15 is 0 Å². The number of aliphatic hydroxyl groups is 1. The van der Waals surface area contributed by atoms with Crippen LogP contribution in [0.5, 0.6) is 0 Å². The molecular weight excluding hydrogens is 408 g/mol. The van der Waals surface area contributed by atoms with Gasteiger partial charge in [0.1, 0.15) is 0 Å². The summed E-state index contributed by atoms with van der Waals surface area (Å²) in [6.07, 6.45) is 0. The predicted molar refractivity (Wildman–Crippen MR) is 115 cm³/mol. The predicted octanol–water partition coefficient (Wildman–Crippen LogP) is 3.14. The number of nitrogens with zero attached hydrogens (tertiary/aromatic N) is 2. The zero-order valence-corrected chi connectivity index (χ0v) is 16.8. The van der Waals surface area contributed by atoms with Crippen molar-refractivity contribution in [3.63, 3.8) is 0 Å². The lowest BCUT2D eigenvalue weighted by atomic mass is 9.47. The van der Waals surface area contributed by atoms with Gasteiger partial charge in [0.2, 0.25) is 11.8 Å². The van der Waals surface area contributed by atoms with Gasteiger partial charge in [0.05, 0.1) is 34.5 Å². The van der Waals surface area contributed by atoms with E-state index < -0.39 is 28.1 Å². The van der Waals surface area contributed by atoms with Crippen LogP contribution in [0.25, 0.3) is 0 Å². The van der Waals surface area contributed by atoms with Crippen molar-refractivity contribution in [1.82, 2.24) is 0 Å². The molecule has 7 nitrogen and oxygen atoms in total. The summed E-state index contributed by atoms with van der Waals surface area (Å²) < 4.78 is 0. The molecule has 1 heterocycles. The molecule has 7 rings (SSSR count). The number of carbonyl (C=O) groups is 2. The molecule has 1 fully saturated rings. The molecular formula is C25H18N2O5. The zero-order chi connectivity index (χ0) is 22.2. The average Bonchev–Trinajstić information content (AvgIpc) is 3.10. The van der Waals surface area contributed by atoms with Gasteiger partial charge in [-0.1, -0.05) is 54.6 Å². The number of nitro benzene ring substituents is 1.